The Bertz CT molecular complexity index is 495. The van der Waals surface area contributed by atoms with E-state index < -0.39 is 0 Å². The molecule has 1 N–H and O–H groups in total. The second-order valence-electron chi connectivity index (χ2n) is 5.66. The zero-order chi connectivity index (χ0) is 15.9. The van der Waals surface area contributed by atoms with Gasteiger partial charge in [-0.2, -0.15) is 0 Å². The molecule has 0 aliphatic carbocycles. The van der Waals surface area contributed by atoms with Crippen LogP contribution in [0.3, 0.4) is 0 Å². The quantitative estimate of drug-likeness (QED) is 0.515. The lowest BCUT2D eigenvalue weighted by atomic mass is 10.1. The topological polar surface area (TPSA) is 20.2 Å². The van der Waals surface area contributed by atoms with E-state index in [9.17, 15) is 5.11 Å². The number of unbranched alkanes of at least 4 members (excludes halogenated alkanes) is 4. The number of rotatable bonds is 9. The van der Waals surface area contributed by atoms with Gasteiger partial charge >= 0.3 is 0 Å². The van der Waals surface area contributed by atoms with Crippen molar-refractivity contribution in [2.75, 3.05) is 0 Å². The van der Waals surface area contributed by atoms with Crippen LogP contribution in [-0.2, 0) is 6.42 Å². The predicted molar refractivity (Wildman–Crippen MR) is 94.3 cm³/mol. The number of benzene rings is 1. The van der Waals surface area contributed by atoms with Crippen molar-refractivity contribution in [1.82, 2.24) is 0 Å². The van der Waals surface area contributed by atoms with E-state index in [1.54, 1.807) is 0 Å². The molecule has 1 aromatic carbocycles. The van der Waals surface area contributed by atoms with Gasteiger partial charge in [0.2, 0.25) is 0 Å². The molecule has 0 amide bonds. The van der Waals surface area contributed by atoms with E-state index in [1.807, 2.05) is 18.2 Å². The van der Waals surface area contributed by atoms with Gasteiger partial charge in [-0.25, -0.2) is 0 Å². The van der Waals surface area contributed by atoms with E-state index in [-0.39, 0.29) is 6.10 Å². The Morgan fingerprint density at radius 2 is 1.64 bits per heavy atom. The SMILES string of the molecule is CCCCCCCC(O)CCC#CC#CCc1ccccc1. The second kappa shape index (κ2) is 13.0. The smallest absolute Gasteiger partial charge is 0.0549 e. The fourth-order valence-electron chi connectivity index (χ4n) is 2.26. The third kappa shape index (κ3) is 10.1. The van der Waals surface area contributed by atoms with Gasteiger partial charge < -0.3 is 5.11 Å². The lowest BCUT2D eigenvalue weighted by molar-refractivity contribution is 0.152. The van der Waals surface area contributed by atoms with Crippen LogP contribution >= 0.6 is 0 Å². The third-order valence-corrected chi connectivity index (χ3v) is 3.62. The standard InChI is InChI=1S/C21H28O/c1-2-3-4-6-13-18-21(22)19-14-8-5-7-10-15-20-16-11-9-12-17-20/h9,11-12,16-17,21-22H,2-4,6,13-15,18-19H2,1H3. The maximum absolute atomic E-state index is 9.85. The normalized spacial score (nSPS) is 11.0. The molecule has 0 aromatic heterocycles. The molecular formula is C21H28O. The zero-order valence-corrected chi connectivity index (χ0v) is 13.8. The molecule has 0 saturated carbocycles. The molecule has 0 saturated heterocycles. The van der Waals surface area contributed by atoms with Gasteiger partial charge in [-0.1, -0.05) is 81.2 Å². The molecule has 1 rings (SSSR count). The molecule has 0 radical (unpaired) electrons. The van der Waals surface area contributed by atoms with Crippen LogP contribution in [0.2, 0.25) is 0 Å². The van der Waals surface area contributed by atoms with E-state index in [0.717, 1.165) is 32.1 Å². The average Bonchev–Trinajstić information content (AvgIpc) is 2.55. The number of hydrogen-bond donors (Lipinski definition) is 1. The second-order valence-corrected chi connectivity index (χ2v) is 5.66. The molecule has 1 heteroatoms. The van der Waals surface area contributed by atoms with Crippen molar-refractivity contribution in [1.29, 1.82) is 0 Å². The maximum Gasteiger partial charge on any atom is 0.0549 e. The van der Waals surface area contributed by atoms with Gasteiger partial charge in [-0.3, -0.25) is 0 Å². The highest BCUT2D eigenvalue weighted by molar-refractivity contribution is 5.29. The van der Waals surface area contributed by atoms with Gasteiger partial charge in [-0.15, -0.1) is 0 Å². The summed E-state index contributed by atoms with van der Waals surface area (Å²) in [6.45, 7) is 2.22. The first-order chi connectivity index (χ1) is 10.8. The van der Waals surface area contributed by atoms with Crippen molar-refractivity contribution in [2.45, 2.75) is 70.8 Å². The molecule has 1 nitrogen and oxygen atoms in total. The zero-order valence-electron chi connectivity index (χ0n) is 13.8. The first-order valence-electron chi connectivity index (χ1n) is 8.50. The van der Waals surface area contributed by atoms with Crippen molar-refractivity contribution in [2.24, 2.45) is 0 Å². The lowest BCUT2D eigenvalue weighted by Crippen LogP contribution is -2.05. The van der Waals surface area contributed by atoms with E-state index in [2.05, 4.69) is 42.7 Å². The summed E-state index contributed by atoms with van der Waals surface area (Å²) in [6.07, 6.45) is 9.19. The van der Waals surface area contributed by atoms with Crippen molar-refractivity contribution >= 4 is 0 Å². The number of aliphatic hydroxyl groups excluding tert-OH is 1. The van der Waals surface area contributed by atoms with Crippen LogP contribution in [0, 0.1) is 23.7 Å². The summed E-state index contributed by atoms with van der Waals surface area (Å²) in [5, 5.41) is 9.85. The highest BCUT2D eigenvalue weighted by atomic mass is 16.3. The first-order valence-corrected chi connectivity index (χ1v) is 8.50. The predicted octanol–water partition coefficient (Wildman–Crippen LogP) is 4.74. The third-order valence-electron chi connectivity index (χ3n) is 3.62. The number of hydrogen-bond acceptors (Lipinski definition) is 1. The Labute approximate surface area is 136 Å². The van der Waals surface area contributed by atoms with Gasteiger partial charge in [-0.05, 0) is 30.2 Å². The van der Waals surface area contributed by atoms with E-state index >= 15 is 0 Å². The molecule has 1 unspecified atom stereocenters. The van der Waals surface area contributed by atoms with Gasteiger partial charge in [0.1, 0.15) is 0 Å². The minimum atomic E-state index is -0.201. The fraction of sp³-hybridized carbons (Fsp3) is 0.524. The van der Waals surface area contributed by atoms with E-state index in [1.165, 1.54) is 31.2 Å². The summed E-state index contributed by atoms with van der Waals surface area (Å²) in [6, 6.07) is 10.2. The van der Waals surface area contributed by atoms with Crippen LogP contribution in [0.4, 0.5) is 0 Å². The molecule has 1 atom stereocenters. The highest BCUT2D eigenvalue weighted by Crippen LogP contribution is 2.10. The summed E-state index contributed by atoms with van der Waals surface area (Å²) in [7, 11) is 0. The van der Waals surface area contributed by atoms with Gasteiger partial charge in [0.25, 0.3) is 0 Å². The Kier molecular flexibility index (Phi) is 10.8. The van der Waals surface area contributed by atoms with Crippen molar-refractivity contribution in [3.63, 3.8) is 0 Å². The first kappa shape index (κ1) is 18.3. The summed E-state index contributed by atoms with van der Waals surface area (Å²) in [4.78, 5) is 0. The van der Waals surface area contributed by atoms with Crippen LogP contribution < -0.4 is 0 Å². The Morgan fingerprint density at radius 3 is 2.41 bits per heavy atom. The van der Waals surface area contributed by atoms with Crippen LogP contribution in [0.15, 0.2) is 30.3 Å². The molecule has 118 valence electrons. The average molecular weight is 296 g/mol. The number of aliphatic hydroxyl groups is 1. The summed E-state index contributed by atoms with van der Waals surface area (Å²) < 4.78 is 0. The Morgan fingerprint density at radius 1 is 0.909 bits per heavy atom. The minimum absolute atomic E-state index is 0.201. The van der Waals surface area contributed by atoms with Crippen LogP contribution in [-0.4, -0.2) is 11.2 Å². The summed E-state index contributed by atoms with van der Waals surface area (Å²) in [5.74, 6) is 11.8. The Hall–Kier alpha value is -1.70. The molecule has 0 bridgehead atoms. The summed E-state index contributed by atoms with van der Waals surface area (Å²) in [5.41, 5.74) is 1.22. The lowest BCUT2D eigenvalue weighted by Gasteiger charge is -2.07. The molecule has 0 spiro atoms. The van der Waals surface area contributed by atoms with E-state index in [0.29, 0.717) is 0 Å². The largest absolute Gasteiger partial charge is 0.393 e. The molecular weight excluding hydrogens is 268 g/mol. The monoisotopic (exact) mass is 296 g/mol. The van der Waals surface area contributed by atoms with Crippen molar-refractivity contribution in [3.8, 4) is 23.7 Å². The molecule has 0 fully saturated rings. The Balaban J connectivity index is 2.07. The minimum Gasteiger partial charge on any atom is -0.393 e. The molecule has 0 heterocycles. The fourth-order valence-corrected chi connectivity index (χ4v) is 2.26. The maximum atomic E-state index is 9.85. The van der Waals surface area contributed by atoms with Gasteiger partial charge in [0, 0.05) is 12.8 Å². The summed E-state index contributed by atoms with van der Waals surface area (Å²) >= 11 is 0. The highest BCUT2D eigenvalue weighted by Gasteiger charge is 2.01. The molecule has 22 heavy (non-hydrogen) atoms. The van der Waals surface area contributed by atoms with Crippen molar-refractivity contribution in [3.05, 3.63) is 35.9 Å². The molecule has 0 aliphatic rings. The van der Waals surface area contributed by atoms with Gasteiger partial charge in [0.05, 0.1) is 6.10 Å². The van der Waals surface area contributed by atoms with E-state index in [4.69, 9.17) is 0 Å². The molecule has 1 aromatic rings. The van der Waals surface area contributed by atoms with Gasteiger partial charge in [0.15, 0.2) is 0 Å². The van der Waals surface area contributed by atoms with Crippen LogP contribution in [0.25, 0.3) is 0 Å². The molecule has 0 aliphatic heterocycles. The van der Waals surface area contributed by atoms with Crippen LogP contribution in [0.1, 0.15) is 63.9 Å². The van der Waals surface area contributed by atoms with Crippen LogP contribution in [0.5, 0.6) is 0 Å². The van der Waals surface area contributed by atoms with Crippen molar-refractivity contribution < 1.29 is 5.11 Å².